The smallest absolute Gasteiger partial charge is 0.335 e. The first-order chi connectivity index (χ1) is 18.2. The third kappa shape index (κ3) is 4.53. The highest BCUT2D eigenvalue weighted by Crippen LogP contribution is 2.33. The highest BCUT2D eigenvalue weighted by molar-refractivity contribution is 5.87. The predicted molar refractivity (Wildman–Crippen MR) is 146 cm³/mol. The molecule has 3 aromatic carbocycles. The van der Waals surface area contributed by atoms with Crippen molar-refractivity contribution in [2.45, 2.75) is 19.8 Å². The van der Waals surface area contributed by atoms with Crippen LogP contribution in [0.2, 0.25) is 0 Å². The monoisotopic (exact) mass is 543 g/mol. The van der Waals surface area contributed by atoms with Crippen molar-refractivity contribution in [1.29, 1.82) is 0 Å². The second-order valence-electron chi connectivity index (χ2n) is 9.31. The van der Waals surface area contributed by atoms with Crippen molar-refractivity contribution in [3.8, 4) is 11.4 Å². The maximum Gasteiger partial charge on any atom is 0.335 e. The van der Waals surface area contributed by atoms with Crippen molar-refractivity contribution < 1.29 is 22.3 Å². The van der Waals surface area contributed by atoms with E-state index < -0.39 is 11.9 Å². The van der Waals surface area contributed by atoms with Gasteiger partial charge in [0.05, 0.1) is 28.1 Å². The van der Waals surface area contributed by atoms with Crippen LogP contribution in [-0.4, -0.2) is 29.8 Å². The number of carbonyl (C=O) groups is 1. The first-order valence-electron chi connectivity index (χ1n) is 12.2. The van der Waals surface area contributed by atoms with Crippen LogP contribution in [-0.2, 0) is 14.1 Å². The number of carboxylic acid groups (broad SMARTS) is 1. The first-order valence-corrected chi connectivity index (χ1v) is 12.2. The Balaban J connectivity index is 0.00000353. The first kappa shape index (κ1) is 27.5. The van der Waals surface area contributed by atoms with Gasteiger partial charge in [-0.3, -0.25) is 19.0 Å². The van der Waals surface area contributed by atoms with E-state index in [1.54, 1.807) is 30.9 Å². The van der Waals surface area contributed by atoms with E-state index in [1.807, 2.05) is 88.6 Å². The number of hydrogen-bond acceptors (Lipinski definition) is 3. The molecule has 1 N–H and O–H groups in total. The third-order valence-corrected chi connectivity index (χ3v) is 7.27. The summed E-state index contributed by atoms with van der Waals surface area (Å²) >= 11 is 0. The molecule has 39 heavy (non-hydrogen) atoms. The predicted octanol–water partition coefficient (Wildman–Crippen LogP) is 1.16. The van der Waals surface area contributed by atoms with Crippen LogP contribution in [0, 0.1) is 13.8 Å². The number of benzene rings is 3. The van der Waals surface area contributed by atoms with Gasteiger partial charge in [0.1, 0.15) is 0 Å². The average molecular weight is 544 g/mol. The molecule has 9 heteroatoms. The van der Waals surface area contributed by atoms with Crippen LogP contribution >= 0.6 is 0 Å². The Morgan fingerprint density at radius 1 is 0.667 bits per heavy atom. The van der Waals surface area contributed by atoms with E-state index in [1.165, 1.54) is 12.1 Å². The molecule has 200 valence electrons. The zero-order valence-electron chi connectivity index (χ0n) is 22.0. The van der Waals surface area contributed by atoms with Crippen molar-refractivity contribution in [1.82, 2.24) is 18.7 Å². The summed E-state index contributed by atoms with van der Waals surface area (Å²) in [5, 5.41) is 9.44. The van der Waals surface area contributed by atoms with Gasteiger partial charge in [0, 0.05) is 31.4 Å². The Labute approximate surface area is 231 Å². The molecule has 0 aliphatic heterocycles. The van der Waals surface area contributed by atoms with Crippen molar-refractivity contribution >= 4 is 5.97 Å². The van der Waals surface area contributed by atoms with E-state index in [-0.39, 0.29) is 29.1 Å². The van der Waals surface area contributed by atoms with Crippen LogP contribution < -0.4 is 23.5 Å². The summed E-state index contributed by atoms with van der Waals surface area (Å²) in [4.78, 5) is 39.7. The van der Waals surface area contributed by atoms with Crippen LogP contribution in [0.4, 0.5) is 0 Å². The second-order valence-corrected chi connectivity index (χ2v) is 9.31. The lowest BCUT2D eigenvalue weighted by Gasteiger charge is -2.16. The largest absolute Gasteiger partial charge is 1.00 e. The van der Waals surface area contributed by atoms with E-state index >= 15 is 0 Å². The fraction of sp³-hybridized carbons (Fsp3) is 0.167. The van der Waals surface area contributed by atoms with Crippen molar-refractivity contribution in [3.63, 3.8) is 0 Å². The minimum atomic E-state index is -1.04. The number of aromatic carboxylic acids is 1. The SMILES string of the molecule is Cc1c(C(c2ccc(C(=O)O)cc2)c2c(C)n(C)n(-c3ccccc3)c2=O)c(=O)n(-c2ccccc2)n1C.[Cl-]. The molecule has 0 aliphatic rings. The van der Waals surface area contributed by atoms with E-state index in [0.29, 0.717) is 39.5 Å². The lowest BCUT2D eigenvalue weighted by atomic mass is 9.85. The minimum absolute atomic E-state index is 0. The molecular formula is C30H28ClN4O4-. The van der Waals surface area contributed by atoms with Gasteiger partial charge in [0.15, 0.2) is 0 Å². The Hall–Kier alpha value is -4.56. The molecule has 5 aromatic rings. The Morgan fingerprint density at radius 3 is 1.41 bits per heavy atom. The summed E-state index contributed by atoms with van der Waals surface area (Å²) in [5.41, 5.74) is 4.07. The summed E-state index contributed by atoms with van der Waals surface area (Å²) in [6, 6.07) is 25.1. The molecule has 0 spiro atoms. The molecule has 0 saturated carbocycles. The van der Waals surface area contributed by atoms with E-state index in [4.69, 9.17) is 0 Å². The lowest BCUT2D eigenvalue weighted by Crippen LogP contribution is -3.00. The second kappa shape index (κ2) is 10.7. The molecule has 0 amide bonds. The highest BCUT2D eigenvalue weighted by atomic mass is 35.5. The molecule has 2 heterocycles. The topological polar surface area (TPSA) is 91.2 Å². The normalized spacial score (nSPS) is 11.0. The van der Waals surface area contributed by atoms with E-state index in [9.17, 15) is 19.5 Å². The molecule has 5 rings (SSSR count). The standard InChI is InChI=1S/C30H28N4O4.ClH/c1-19-25(28(35)33(31(19)3)23-11-7-5-8-12-23)27(21-15-17-22(18-16-21)30(37)38)26-20(2)32(4)34(29(26)36)24-13-9-6-10-14-24;/h5-18,27H,1-4H3,(H,37,38);1H/p-1. The number of aromatic nitrogens is 4. The van der Waals surface area contributed by atoms with Crippen LogP contribution in [0.3, 0.4) is 0 Å². The Kier molecular flexibility index (Phi) is 7.51. The lowest BCUT2D eigenvalue weighted by molar-refractivity contribution is -0.0000233. The van der Waals surface area contributed by atoms with Gasteiger partial charge >= 0.3 is 5.97 Å². The van der Waals surface area contributed by atoms with E-state index in [0.717, 1.165) is 0 Å². The number of para-hydroxylation sites is 2. The zero-order valence-corrected chi connectivity index (χ0v) is 22.8. The maximum absolute atomic E-state index is 14.1. The number of rotatable bonds is 6. The van der Waals surface area contributed by atoms with Gasteiger partial charge in [-0.25, -0.2) is 14.2 Å². The Morgan fingerprint density at radius 2 is 1.05 bits per heavy atom. The fourth-order valence-corrected chi connectivity index (χ4v) is 5.14. The third-order valence-electron chi connectivity index (χ3n) is 7.27. The zero-order chi connectivity index (χ0) is 27.1. The quantitative estimate of drug-likeness (QED) is 0.348. The van der Waals surface area contributed by atoms with Gasteiger partial charge in [-0.15, -0.1) is 0 Å². The summed E-state index contributed by atoms with van der Waals surface area (Å²) < 4.78 is 6.77. The summed E-state index contributed by atoms with van der Waals surface area (Å²) in [6.07, 6.45) is 0. The summed E-state index contributed by atoms with van der Waals surface area (Å²) in [7, 11) is 3.63. The van der Waals surface area contributed by atoms with Crippen LogP contribution in [0.15, 0.2) is 94.5 Å². The number of halogens is 1. The van der Waals surface area contributed by atoms with Gasteiger partial charge in [-0.2, -0.15) is 0 Å². The van der Waals surface area contributed by atoms with Gasteiger partial charge < -0.3 is 17.5 Å². The molecule has 0 aliphatic carbocycles. The van der Waals surface area contributed by atoms with Crippen LogP contribution in [0.1, 0.15) is 44.4 Å². The Bertz CT molecular complexity index is 1660. The van der Waals surface area contributed by atoms with Crippen LogP contribution in [0.5, 0.6) is 0 Å². The highest BCUT2D eigenvalue weighted by Gasteiger charge is 2.32. The molecule has 0 fully saturated rings. The molecule has 0 saturated heterocycles. The summed E-state index contributed by atoms with van der Waals surface area (Å²) in [5.74, 6) is -1.76. The molecule has 0 unspecified atom stereocenters. The van der Waals surface area contributed by atoms with Gasteiger partial charge in [-0.1, -0.05) is 48.5 Å². The molecule has 8 nitrogen and oxygen atoms in total. The van der Waals surface area contributed by atoms with Crippen molar-refractivity contribution in [2.75, 3.05) is 0 Å². The molecule has 0 radical (unpaired) electrons. The molecule has 2 aromatic heterocycles. The van der Waals surface area contributed by atoms with Gasteiger partial charge in [0.25, 0.3) is 11.1 Å². The van der Waals surface area contributed by atoms with Gasteiger partial charge in [0.2, 0.25) is 0 Å². The van der Waals surface area contributed by atoms with Crippen molar-refractivity contribution in [3.05, 3.63) is 139 Å². The fourth-order valence-electron chi connectivity index (χ4n) is 5.14. The van der Waals surface area contributed by atoms with Crippen LogP contribution in [0.25, 0.3) is 11.4 Å². The molecule has 0 bridgehead atoms. The average Bonchev–Trinajstić information content (AvgIpc) is 3.28. The minimum Gasteiger partial charge on any atom is -1.00 e. The van der Waals surface area contributed by atoms with Gasteiger partial charge in [-0.05, 0) is 55.8 Å². The van der Waals surface area contributed by atoms with Crippen molar-refractivity contribution in [2.24, 2.45) is 14.1 Å². The molecule has 0 atom stereocenters. The number of carboxylic acids is 1. The maximum atomic E-state index is 14.1. The van der Waals surface area contributed by atoms with E-state index in [2.05, 4.69) is 0 Å². The number of hydrogen-bond donors (Lipinski definition) is 1. The molecular weight excluding hydrogens is 516 g/mol. The summed E-state index contributed by atoms with van der Waals surface area (Å²) in [6.45, 7) is 3.73. The number of nitrogens with zero attached hydrogens (tertiary/aromatic N) is 4.